The molecule has 2 aliphatic heterocycles. The van der Waals surface area contributed by atoms with Gasteiger partial charge >= 0.3 is 6.09 Å². The highest BCUT2D eigenvalue weighted by molar-refractivity contribution is 5.95. The average Bonchev–Trinajstić information content (AvgIpc) is 3.28. The normalized spacial score (nSPS) is 19.1. The first-order valence-electron chi connectivity index (χ1n) is 11.9. The third-order valence-electron chi connectivity index (χ3n) is 6.71. The SMILES string of the molecule is CCOC(=O)N1CCN(C(=O)c2ccc3c(c2)C(c2ccccc2)C(c2ccc[nH]c2=O)N3)CC1. The number of carbonyl (C=O) groups excluding carboxylic acids is 2. The number of ether oxygens (including phenoxy) is 1. The molecule has 2 aromatic carbocycles. The molecule has 1 saturated heterocycles. The van der Waals surface area contributed by atoms with Crippen molar-refractivity contribution in [2.45, 2.75) is 18.9 Å². The minimum Gasteiger partial charge on any atom is -0.450 e. The topological polar surface area (TPSA) is 94.7 Å². The van der Waals surface area contributed by atoms with E-state index in [2.05, 4.69) is 22.4 Å². The number of anilines is 1. The van der Waals surface area contributed by atoms with Crippen LogP contribution in [0.25, 0.3) is 0 Å². The fourth-order valence-corrected chi connectivity index (χ4v) is 4.97. The highest BCUT2D eigenvalue weighted by Crippen LogP contribution is 2.47. The second-order valence-corrected chi connectivity index (χ2v) is 8.75. The maximum atomic E-state index is 13.4. The zero-order chi connectivity index (χ0) is 24.4. The quantitative estimate of drug-likeness (QED) is 0.605. The first-order chi connectivity index (χ1) is 17.1. The molecular weight excluding hydrogens is 444 g/mol. The van der Waals surface area contributed by atoms with Gasteiger partial charge in [0.15, 0.2) is 0 Å². The van der Waals surface area contributed by atoms with Gasteiger partial charge in [-0.2, -0.15) is 0 Å². The molecule has 2 atom stereocenters. The van der Waals surface area contributed by atoms with Crippen LogP contribution in [0.5, 0.6) is 0 Å². The maximum Gasteiger partial charge on any atom is 0.409 e. The van der Waals surface area contributed by atoms with Crippen LogP contribution in [0.3, 0.4) is 0 Å². The lowest BCUT2D eigenvalue weighted by Crippen LogP contribution is -2.50. The van der Waals surface area contributed by atoms with Gasteiger partial charge in [0.05, 0.1) is 12.6 Å². The van der Waals surface area contributed by atoms with E-state index in [-0.39, 0.29) is 29.5 Å². The zero-order valence-electron chi connectivity index (χ0n) is 19.6. The van der Waals surface area contributed by atoms with Crippen LogP contribution in [0.15, 0.2) is 71.7 Å². The lowest BCUT2D eigenvalue weighted by Gasteiger charge is -2.34. The highest BCUT2D eigenvalue weighted by Gasteiger charge is 2.36. The average molecular weight is 473 g/mol. The van der Waals surface area contributed by atoms with Crippen molar-refractivity contribution >= 4 is 17.7 Å². The third-order valence-corrected chi connectivity index (χ3v) is 6.71. The van der Waals surface area contributed by atoms with E-state index in [1.807, 2.05) is 48.5 Å². The molecule has 35 heavy (non-hydrogen) atoms. The van der Waals surface area contributed by atoms with Crippen LogP contribution in [0, 0.1) is 0 Å². The number of piperazine rings is 1. The Labute approximate surface area is 203 Å². The van der Waals surface area contributed by atoms with Gasteiger partial charge in [0.25, 0.3) is 11.5 Å². The molecular formula is C27H28N4O4. The Kier molecular flexibility index (Phi) is 6.27. The van der Waals surface area contributed by atoms with Gasteiger partial charge in [-0.05, 0) is 48.4 Å². The van der Waals surface area contributed by atoms with Gasteiger partial charge in [-0.1, -0.05) is 30.3 Å². The molecule has 2 aliphatic rings. The summed E-state index contributed by atoms with van der Waals surface area (Å²) in [6.07, 6.45) is 1.29. The molecule has 1 fully saturated rings. The predicted molar refractivity (Wildman–Crippen MR) is 133 cm³/mol. The number of rotatable bonds is 4. The van der Waals surface area contributed by atoms with Gasteiger partial charge in [-0.15, -0.1) is 0 Å². The summed E-state index contributed by atoms with van der Waals surface area (Å²) in [5.41, 5.74) is 4.09. The number of nitrogens with zero attached hydrogens (tertiary/aromatic N) is 2. The van der Waals surface area contributed by atoms with E-state index in [4.69, 9.17) is 4.74 Å². The van der Waals surface area contributed by atoms with Crippen molar-refractivity contribution in [2.24, 2.45) is 0 Å². The predicted octanol–water partition coefficient (Wildman–Crippen LogP) is 3.59. The Morgan fingerprint density at radius 1 is 0.943 bits per heavy atom. The van der Waals surface area contributed by atoms with E-state index in [0.717, 1.165) is 16.8 Å². The van der Waals surface area contributed by atoms with Crippen LogP contribution in [-0.4, -0.2) is 59.6 Å². The summed E-state index contributed by atoms with van der Waals surface area (Å²) in [7, 11) is 0. The Morgan fingerprint density at radius 2 is 1.69 bits per heavy atom. The summed E-state index contributed by atoms with van der Waals surface area (Å²) >= 11 is 0. The van der Waals surface area contributed by atoms with E-state index < -0.39 is 0 Å². The number of benzene rings is 2. The van der Waals surface area contributed by atoms with Crippen LogP contribution in [-0.2, 0) is 4.74 Å². The molecule has 2 N–H and O–H groups in total. The van der Waals surface area contributed by atoms with Crippen molar-refractivity contribution < 1.29 is 14.3 Å². The van der Waals surface area contributed by atoms with Crippen molar-refractivity contribution in [2.75, 3.05) is 38.1 Å². The molecule has 0 bridgehead atoms. The van der Waals surface area contributed by atoms with Gasteiger partial charge in [0.1, 0.15) is 0 Å². The molecule has 0 saturated carbocycles. The Hall–Kier alpha value is -4.07. The summed E-state index contributed by atoms with van der Waals surface area (Å²) in [5.74, 6) is -0.188. The number of H-pyrrole nitrogens is 1. The van der Waals surface area contributed by atoms with Crippen LogP contribution in [0.1, 0.15) is 45.9 Å². The first kappa shape index (κ1) is 22.7. The van der Waals surface area contributed by atoms with Crippen LogP contribution in [0.4, 0.5) is 10.5 Å². The van der Waals surface area contributed by atoms with Gasteiger partial charge in [-0.3, -0.25) is 9.59 Å². The van der Waals surface area contributed by atoms with Crippen molar-refractivity contribution in [1.82, 2.24) is 14.8 Å². The monoisotopic (exact) mass is 472 g/mol. The van der Waals surface area contributed by atoms with E-state index in [1.165, 1.54) is 0 Å². The lowest BCUT2D eigenvalue weighted by molar-refractivity contribution is 0.0570. The summed E-state index contributed by atoms with van der Waals surface area (Å²) in [5, 5.41) is 3.51. The largest absolute Gasteiger partial charge is 0.450 e. The van der Waals surface area contributed by atoms with E-state index in [1.54, 1.807) is 22.9 Å². The number of hydrogen-bond donors (Lipinski definition) is 2. The van der Waals surface area contributed by atoms with Crippen molar-refractivity contribution in [3.63, 3.8) is 0 Å². The standard InChI is InChI=1S/C27H28N4O4/c1-2-35-27(34)31-15-13-30(14-16-31)26(33)19-10-11-22-21(17-19)23(18-7-4-3-5-8-18)24(29-22)20-9-6-12-28-25(20)32/h3-12,17,23-24,29H,2,13-16H2,1H3,(H,28,32). The molecule has 0 radical (unpaired) electrons. The van der Waals surface area contributed by atoms with Crippen molar-refractivity contribution in [3.8, 4) is 0 Å². The molecule has 5 rings (SSSR count). The smallest absolute Gasteiger partial charge is 0.409 e. The third kappa shape index (κ3) is 4.39. The number of pyridine rings is 1. The molecule has 0 aliphatic carbocycles. The zero-order valence-corrected chi connectivity index (χ0v) is 19.6. The van der Waals surface area contributed by atoms with Crippen molar-refractivity contribution in [1.29, 1.82) is 0 Å². The summed E-state index contributed by atoms with van der Waals surface area (Å²) in [6.45, 7) is 3.92. The molecule has 3 heterocycles. The molecule has 8 nitrogen and oxygen atoms in total. The molecule has 180 valence electrons. The summed E-state index contributed by atoms with van der Waals surface area (Å²) < 4.78 is 5.07. The van der Waals surface area contributed by atoms with E-state index >= 15 is 0 Å². The first-order valence-corrected chi connectivity index (χ1v) is 11.9. The van der Waals surface area contributed by atoms with Crippen molar-refractivity contribution in [3.05, 3.63) is 99.5 Å². The van der Waals surface area contributed by atoms with Crippen LogP contribution in [0.2, 0.25) is 0 Å². The Bertz CT molecular complexity index is 1280. The Balaban J connectivity index is 1.43. The summed E-state index contributed by atoms with van der Waals surface area (Å²) in [6, 6.07) is 19.1. The second-order valence-electron chi connectivity index (χ2n) is 8.75. The number of carbonyl (C=O) groups is 2. The summed E-state index contributed by atoms with van der Waals surface area (Å²) in [4.78, 5) is 44.2. The number of aromatic amines is 1. The van der Waals surface area contributed by atoms with E-state index in [9.17, 15) is 14.4 Å². The fraction of sp³-hybridized carbons (Fsp3) is 0.296. The van der Waals surface area contributed by atoms with Gasteiger partial charge in [-0.25, -0.2) is 4.79 Å². The van der Waals surface area contributed by atoms with E-state index in [0.29, 0.717) is 43.9 Å². The molecule has 8 heteroatoms. The van der Waals surface area contributed by atoms with Gasteiger partial charge in [0.2, 0.25) is 0 Å². The number of nitrogens with one attached hydrogen (secondary N) is 2. The second kappa shape index (κ2) is 9.66. The minimum atomic E-state index is -0.337. The van der Waals surface area contributed by atoms with Gasteiger partial charge in [0, 0.05) is 55.1 Å². The Morgan fingerprint density at radius 3 is 2.40 bits per heavy atom. The number of fused-ring (bicyclic) bond motifs is 1. The van der Waals surface area contributed by atoms with Crippen LogP contribution < -0.4 is 10.9 Å². The number of aromatic nitrogens is 1. The minimum absolute atomic E-state index is 0.0656. The molecule has 0 spiro atoms. The fourth-order valence-electron chi connectivity index (χ4n) is 4.97. The molecule has 2 amide bonds. The van der Waals surface area contributed by atoms with Gasteiger partial charge < -0.3 is 24.8 Å². The molecule has 1 aromatic heterocycles. The number of amides is 2. The molecule has 2 unspecified atom stereocenters. The molecule has 3 aromatic rings. The highest BCUT2D eigenvalue weighted by atomic mass is 16.6. The number of hydrogen-bond acceptors (Lipinski definition) is 5. The van der Waals surface area contributed by atoms with Crippen LogP contribution >= 0.6 is 0 Å². The maximum absolute atomic E-state index is 13.4. The lowest BCUT2D eigenvalue weighted by atomic mass is 9.84.